The zero-order valence-corrected chi connectivity index (χ0v) is 20.9. The second-order valence-electron chi connectivity index (χ2n) is 8.93. The molecular formula is C25H29FN4O2S2. The van der Waals surface area contributed by atoms with Gasteiger partial charge < -0.3 is 14.8 Å². The summed E-state index contributed by atoms with van der Waals surface area (Å²) < 4.78 is 41.8. The normalized spacial score (nSPS) is 13.8. The lowest BCUT2D eigenvalue weighted by molar-refractivity contribution is 0.327. The van der Waals surface area contributed by atoms with Crippen LogP contribution in [0.5, 0.6) is 0 Å². The van der Waals surface area contributed by atoms with E-state index in [4.69, 9.17) is 12.2 Å². The van der Waals surface area contributed by atoms with Crippen LogP contribution in [0.25, 0.3) is 0 Å². The molecule has 0 amide bonds. The molecule has 0 bridgehead atoms. The van der Waals surface area contributed by atoms with Crippen molar-refractivity contribution in [2.24, 2.45) is 0 Å². The quantitative estimate of drug-likeness (QED) is 0.442. The van der Waals surface area contributed by atoms with Gasteiger partial charge >= 0.3 is 0 Å². The Morgan fingerprint density at radius 2 is 1.82 bits per heavy atom. The van der Waals surface area contributed by atoms with E-state index in [2.05, 4.69) is 29.0 Å². The van der Waals surface area contributed by atoms with Crippen LogP contribution in [-0.4, -0.2) is 40.1 Å². The first-order valence-corrected chi connectivity index (χ1v) is 13.4. The zero-order chi connectivity index (χ0) is 24.3. The number of benzene rings is 2. The Morgan fingerprint density at radius 1 is 1.15 bits per heavy atom. The summed E-state index contributed by atoms with van der Waals surface area (Å²) in [7, 11) is -3.78. The van der Waals surface area contributed by atoms with Gasteiger partial charge in [0.25, 0.3) is 0 Å². The number of sulfone groups is 1. The molecule has 9 heteroatoms. The molecule has 2 aromatic carbocycles. The van der Waals surface area contributed by atoms with Crippen molar-refractivity contribution in [3.8, 4) is 0 Å². The van der Waals surface area contributed by atoms with Crippen molar-refractivity contribution in [2.45, 2.75) is 62.8 Å². The SMILES string of the molecule is CC(C)N(Cc1cnc(S(=O)(=O)Cc2ccc(F)cc2)n1Cc1ccccc1)C(=S)NC1CC1. The summed E-state index contributed by atoms with van der Waals surface area (Å²) in [5, 5.41) is 4.05. The average Bonchev–Trinajstić information content (AvgIpc) is 3.52. The molecule has 0 saturated heterocycles. The Labute approximate surface area is 205 Å². The Balaban J connectivity index is 1.67. The van der Waals surface area contributed by atoms with Crippen LogP contribution in [0.2, 0.25) is 0 Å². The number of thiocarbonyl (C=S) groups is 1. The Morgan fingerprint density at radius 3 is 2.44 bits per heavy atom. The first-order valence-electron chi connectivity index (χ1n) is 11.4. The fourth-order valence-electron chi connectivity index (χ4n) is 3.71. The summed E-state index contributed by atoms with van der Waals surface area (Å²) in [5.41, 5.74) is 2.24. The van der Waals surface area contributed by atoms with Gasteiger partial charge in [-0.05, 0) is 62.2 Å². The highest BCUT2D eigenvalue weighted by atomic mass is 32.2. The van der Waals surface area contributed by atoms with Crippen molar-refractivity contribution < 1.29 is 12.8 Å². The first-order chi connectivity index (χ1) is 16.2. The number of aromatic nitrogens is 2. The molecule has 0 atom stereocenters. The van der Waals surface area contributed by atoms with E-state index >= 15 is 0 Å². The number of halogens is 1. The minimum Gasteiger partial charge on any atom is -0.360 e. The van der Waals surface area contributed by atoms with Gasteiger partial charge in [-0.3, -0.25) is 0 Å². The number of hydrogen-bond donors (Lipinski definition) is 1. The van der Waals surface area contributed by atoms with Crippen LogP contribution in [0.4, 0.5) is 4.39 Å². The molecule has 0 radical (unpaired) electrons. The maximum atomic E-state index is 13.4. The molecule has 1 saturated carbocycles. The van der Waals surface area contributed by atoms with Crippen molar-refractivity contribution in [3.63, 3.8) is 0 Å². The summed E-state index contributed by atoms with van der Waals surface area (Å²) in [6.07, 6.45) is 3.85. The van der Waals surface area contributed by atoms with Crippen LogP contribution in [0.15, 0.2) is 66.0 Å². The van der Waals surface area contributed by atoms with Crippen molar-refractivity contribution in [2.75, 3.05) is 0 Å². The molecule has 1 N–H and O–H groups in total. The number of imidazole rings is 1. The van der Waals surface area contributed by atoms with Crippen molar-refractivity contribution >= 4 is 27.2 Å². The van der Waals surface area contributed by atoms with Crippen LogP contribution < -0.4 is 5.32 Å². The van der Waals surface area contributed by atoms with Gasteiger partial charge in [0.1, 0.15) is 5.82 Å². The van der Waals surface area contributed by atoms with Gasteiger partial charge in [0, 0.05) is 12.1 Å². The van der Waals surface area contributed by atoms with Gasteiger partial charge in [-0.25, -0.2) is 17.8 Å². The van der Waals surface area contributed by atoms with E-state index in [9.17, 15) is 12.8 Å². The number of hydrogen-bond acceptors (Lipinski definition) is 4. The van der Waals surface area contributed by atoms with Gasteiger partial charge in [-0.2, -0.15) is 0 Å². The lowest BCUT2D eigenvalue weighted by Crippen LogP contribution is -2.44. The van der Waals surface area contributed by atoms with Crippen LogP contribution in [0, 0.1) is 5.82 Å². The largest absolute Gasteiger partial charge is 0.360 e. The predicted octanol–water partition coefficient (Wildman–Crippen LogP) is 4.29. The first kappa shape index (κ1) is 24.3. The second kappa shape index (κ2) is 10.2. The number of rotatable bonds is 9. The molecule has 1 aliphatic rings. The fourth-order valence-corrected chi connectivity index (χ4v) is 5.65. The van der Waals surface area contributed by atoms with Crippen molar-refractivity contribution in [3.05, 3.63) is 83.4 Å². The highest BCUT2D eigenvalue weighted by molar-refractivity contribution is 7.90. The number of nitrogens with zero attached hydrogens (tertiary/aromatic N) is 3. The van der Waals surface area contributed by atoms with E-state index in [-0.39, 0.29) is 17.0 Å². The molecule has 4 rings (SSSR count). The van der Waals surface area contributed by atoms with Gasteiger partial charge in [-0.1, -0.05) is 42.5 Å². The van der Waals surface area contributed by atoms with Crippen molar-refractivity contribution in [1.29, 1.82) is 0 Å². The maximum Gasteiger partial charge on any atom is 0.228 e. The summed E-state index contributed by atoms with van der Waals surface area (Å²) in [4.78, 5) is 6.41. The minimum absolute atomic E-state index is 0.000421. The minimum atomic E-state index is -3.78. The molecule has 0 aliphatic heterocycles. The molecule has 34 heavy (non-hydrogen) atoms. The molecule has 0 spiro atoms. The standard InChI is InChI=1S/C25H29FN4O2S2/c1-18(2)29(24(33)28-22-12-13-22)16-23-14-27-25(30(23)15-19-6-4-3-5-7-19)34(31,32)17-20-8-10-21(26)11-9-20/h3-11,14,18,22H,12-13,15-17H2,1-2H3,(H,28,33). The molecule has 1 aliphatic carbocycles. The van der Waals surface area contributed by atoms with Crippen LogP contribution in [0.3, 0.4) is 0 Å². The molecular weight excluding hydrogens is 471 g/mol. The third-order valence-corrected chi connectivity index (χ3v) is 7.70. The molecule has 180 valence electrons. The summed E-state index contributed by atoms with van der Waals surface area (Å²) in [6, 6.07) is 15.7. The Bertz CT molecular complexity index is 1240. The van der Waals surface area contributed by atoms with Crippen LogP contribution in [0.1, 0.15) is 43.5 Å². The molecule has 1 aromatic heterocycles. The number of nitrogens with one attached hydrogen (secondary N) is 1. The van der Waals surface area contributed by atoms with Crippen molar-refractivity contribution in [1.82, 2.24) is 19.8 Å². The highest BCUT2D eigenvalue weighted by Crippen LogP contribution is 2.23. The van der Waals surface area contributed by atoms with E-state index in [1.54, 1.807) is 10.8 Å². The highest BCUT2D eigenvalue weighted by Gasteiger charge is 2.28. The maximum absolute atomic E-state index is 13.4. The monoisotopic (exact) mass is 500 g/mol. The topological polar surface area (TPSA) is 67.2 Å². The fraction of sp³-hybridized carbons (Fsp3) is 0.360. The lowest BCUT2D eigenvalue weighted by atomic mass is 10.2. The van der Waals surface area contributed by atoms with E-state index < -0.39 is 15.7 Å². The van der Waals surface area contributed by atoms with Gasteiger partial charge in [-0.15, -0.1) is 0 Å². The van der Waals surface area contributed by atoms with E-state index in [1.807, 2.05) is 30.3 Å². The van der Waals surface area contributed by atoms with Gasteiger partial charge in [0.2, 0.25) is 15.0 Å². The Kier molecular flexibility index (Phi) is 7.33. The molecule has 1 fully saturated rings. The smallest absolute Gasteiger partial charge is 0.228 e. The zero-order valence-electron chi connectivity index (χ0n) is 19.3. The summed E-state index contributed by atoms with van der Waals surface area (Å²) in [5.74, 6) is -0.660. The summed E-state index contributed by atoms with van der Waals surface area (Å²) >= 11 is 5.65. The molecule has 0 unspecified atom stereocenters. The molecule has 1 heterocycles. The Hall–Kier alpha value is -2.78. The lowest BCUT2D eigenvalue weighted by Gasteiger charge is -2.30. The van der Waals surface area contributed by atoms with Gasteiger partial charge in [0.05, 0.1) is 30.7 Å². The van der Waals surface area contributed by atoms with Crippen LogP contribution >= 0.6 is 12.2 Å². The second-order valence-corrected chi connectivity index (χ2v) is 11.2. The molecule has 3 aromatic rings. The van der Waals surface area contributed by atoms with Gasteiger partial charge in [0.15, 0.2) is 5.11 Å². The third-order valence-electron chi connectivity index (χ3n) is 5.75. The van der Waals surface area contributed by atoms with E-state index in [0.717, 1.165) is 24.1 Å². The third kappa shape index (κ3) is 6.01. The van der Waals surface area contributed by atoms with Crippen LogP contribution in [-0.2, 0) is 28.7 Å². The van der Waals surface area contributed by atoms with E-state index in [1.165, 1.54) is 24.3 Å². The predicted molar refractivity (Wildman–Crippen MR) is 134 cm³/mol. The molecule has 6 nitrogen and oxygen atoms in total. The van der Waals surface area contributed by atoms with E-state index in [0.29, 0.717) is 29.8 Å². The summed E-state index contributed by atoms with van der Waals surface area (Å²) in [6.45, 7) is 4.92. The average molecular weight is 501 g/mol.